The van der Waals surface area contributed by atoms with Crippen molar-refractivity contribution < 1.29 is 18.7 Å². The third-order valence-corrected chi connectivity index (χ3v) is 3.77. The van der Waals surface area contributed by atoms with Gasteiger partial charge >= 0.3 is 0 Å². The fourth-order valence-electron chi connectivity index (χ4n) is 2.50. The lowest BCUT2D eigenvalue weighted by Gasteiger charge is -2.11. The maximum absolute atomic E-state index is 13.3. The van der Waals surface area contributed by atoms with Crippen LogP contribution < -0.4 is 15.4 Å². The number of aromatic nitrogens is 1. The van der Waals surface area contributed by atoms with Crippen molar-refractivity contribution in [2.45, 2.75) is 6.92 Å². The molecule has 2 amide bonds. The summed E-state index contributed by atoms with van der Waals surface area (Å²) in [5, 5.41) is 5.31. The number of para-hydroxylation sites is 2. The van der Waals surface area contributed by atoms with E-state index in [0.29, 0.717) is 23.7 Å². The second kappa shape index (κ2) is 8.77. The van der Waals surface area contributed by atoms with Crippen LogP contribution in [0.1, 0.15) is 27.8 Å². The third kappa shape index (κ3) is 4.70. The highest BCUT2D eigenvalue weighted by atomic mass is 19.1. The molecule has 6 nitrogen and oxygen atoms in total. The normalized spacial score (nSPS) is 10.2. The van der Waals surface area contributed by atoms with Gasteiger partial charge < -0.3 is 15.4 Å². The van der Waals surface area contributed by atoms with E-state index >= 15 is 0 Å². The SMILES string of the molecule is CCOc1ccccc1NC(=O)c1cc(C(=O)Nc2cccc(F)c2)ccn1. The molecule has 7 heteroatoms. The van der Waals surface area contributed by atoms with Crippen LogP contribution >= 0.6 is 0 Å². The van der Waals surface area contributed by atoms with Crippen LogP contribution in [0.5, 0.6) is 5.75 Å². The van der Waals surface area contributed by atoms with E-state index in [1.54, 1.807) is 30.3 Å². The van der Waals surface area contributed by atoms with E-state index in [1.165, 1.54) is 36.5 Å². The highest BCUT2D eigenvalue weighted by Crippen LogP contribution is 2.24. The molecule has 1 aromatic heterocycles. The van der Waals surface area contributed by atoms with Gasteiger partial charge in [-0.05, 0) is 49.4 Å². The molecule has 0 saturated carbocycles. The second-order valence-electron chi connectivity index (χ2n) is 5.78. The van der Waals surface area contributed by atoms with E-state index in [9.17, 15) is 14.0 Å². The first-order chi connectivity index (χ1) is 13.6. The molecule has 0 fully saturated rings. The van der Waals surface area contributed by atoms with Crippen molar-refractivity contribution in [1.82, 2.24) is 4.98 Å². The smallest absolute Gasteiger partial charge is 0.274 e. The molecule has 0 saturated heterocycles. The van der Waals surface area contributed by atoms with Crippen molar-refractivity contribution in [3.05, 3.63) is 83.9 Å². The molecule has 0 bridgehead atoms. The van der Waals surface area contributed by atoms with Crippen LogP contribution in [0.15, 0.2) is 66.9 Å². The van der Waals surface area contributed by atoms with Gasteiger partial charge in [-0.1, -0.05) is 18.2 Å². The van der Waals surface area contributed by atoms with Gasteiger partial charge in [0.2, 0.25) is 0 Å². The number of benzene rings is 2. The first kappa shape index (κ1) is 19.0. The summed E-state index contributed by atoms with van der Waals surface area (Å²) in [6, 6.07) is 15.4. The molecule has 0 aliphatic rings. The molecule has 3 aromatic rings. The predicted molar refractivity (Wildman–Crippen MR) is 104 cm³/mol. The van der Waals surface area contributed by atoms with Crippen LogP contribution in [0.3, 0.4) is 0 Å². The number of carbonyl (C=O) groups is 2. The third-order valence-electron chi connectivity index (χ3n) is 3.77. The summed E-state index contributed by atoms with van der Waals surface area (Å²) in [5.74, 6) is -0.872. The lowest BCUT2D eigenvalue weighted by molar-refractivity contribution is 0.102. The number of rotatable bonds is 6. The molecule has 0 atom stereocenters. The van der Waals surface area contributed by atoms with Crippen LogP contribution in [0.2, 0.25) is 0 Å². The zero-order valence-corrected chi connectivity index (χ0v) is 15.1. The number of amides is 2. The molecule has 0 spiro atoms. The summed E-state index contributed by atoms with van der Waals surface area (Å²) in [6.07, 6.45) is 1.36. The van der Waals surface area contributed by atoms with Crippen LogP contribution in [-0.2, 0) is 0 Å². The summed E-state index contributed by atoms with van der Waals surface area (Å²) < 4.78 is 18.7. The largest absolute Gasteiger partial charge is 0.492 e. The molecule has 3 rings (SSSR count). The number of hydrogen-bond donors (Lipinski definition) is 2. The number of hydrogen-bond acceptors (Lipinski definition) is 4. The molecular formula is C21H18FN3O3. The number of pyridine rings is 1. The van der Waals surface area contributed by atoms with Crippen LogP contribution in [0, 0.1) is 5.82 Å². The van der Waals surface area contributed by atoms with E-state index in [1.807, 2.05) is 6.92 Å². The van der Waals surface area contributed by atoms with Gasteiger partial charge in [-0.15, -0.1) is 0 Å². The first-order valence-electron chi connectivity index (χ1n) is 8.63. The molecule has 142 valence electrons. The van der Waals surface area contributed by atoms with Gasteiger partial charge in [0.1, 0.15) is 17.3 Å². The minimum absolute atomic E-state index is 0.0678. The topological polar surface area (TPSA) is 80.3 Å². The van der Waals surface area contributed by atoms with Crippen LogP contribution in [-0.4, -0.2) is 23.4 Å². The van der Waals surface area contributed by atoms with E-state index < -0.39 is 17.6 Å². The Kier molecular flexibility index (Phi) is 5.96. The van der Waals surface area contributed by atoms with E-state index in [0.717, 1.165) is 0 Å². The molecule has 2 aromatic carbocycles. The fraction of sp³-hybridized carbons (Fsp3) is 0.0952. The lowest BCUT2D eigenvalue weighted by atomic mass is 10.2. The maximum atomic E-state index is 13.3. The fourth-order valence-corrected chi connectivity index (χ4v) is 2.50. The predicted octanol–water partition coefficient (Wildman–Crippen LogP) is 4.12. The van der Waals surface area contributed by atoms with Gasteiger partial charge in [0.25, 0.3) is 11.8 Å². The van der Waals surface area contributed by atoms with Gasteiger partial charge in [0.05, 0.1) is 12.3 Å². The Morgan fingerprint density at radius 2 is 1.82 bits per heavy atom. The van der Waals surface area contributed by atoms with E-state index in [-0.39, 0.29) is 11.3 Å². The van der Waals surface area contributed by atoms with Crippen molar-refractivity contribution in [3.8, 4) is 5.75 Å². The Morgan fingerprint density at radius 3 is 2.61 bits per heavy atom. The Morgan fingerprint density at radius 1 is 1.00 bits per heavy atom. The van der Waals surface area contributed by atoms with Crippen LogP contribution in [0.4, 0.5) is 15.8 Å². The molecular weight excluding hydrogens is 361 g/mol. The van der Waals surface area contributed by atoms with Crippen molar-refractivity contribution in [1.29, 1.82) is 0 Å². The molecule has 0 radical (unpaired) electrons. The average molecular weight is 379 g/mol. The Bertz CT molecular complexity index is 1010. The highest BCUT2D eigenvalue weighted by molar-refractivity contribution is 6.08. The number of nitrogens with one attached hydrogen (secondary N) is 2. The number of nitrogens with zero attached hydrogens (tertiary/aromatic N) is 1. The second-order valence-corrected chi connectivity index (χ2v) is 5.78. The molecule has 28 heavy (non-hydrogen) atoms. The average Bonchev–Trinajstić information content (AvgIpc) is 2.70. The number of carbonyl (C=O) groups excluding carboxylic acids is 2. The quantitative estimate of drug-likeness (QED) is 0.675. The standard InChI is InChI=1S/C21H18FN3O3/c1-2-28-19-9-4-3-8-17(19)25-21(27)18-12-14(10-11-23-18)20(26)24-16-7-5-6-15(22)13-16/h3-13H,2H2,1H3,(H,24,26)(H,25,27). The van der Waals surface area contributed by atoms with Gasteiger partial charge in [-0.2, -0.15) is 0 Å². The Balaban J connectivity index is 1.75. The summed E-state index contributed by atoms with van der Waals surface area (Å²) in [6.45, 7) is 2.31. The zero-order chi connectivity index (χ0) is 19.9. The highest BCUT2D eigenvalue weighted by Gasteiger charge is 2.14. The van der Waals surface area contributed by atoms with Gasteiger partial charge in [0, 0.05) is 17.4 Å². The van der Waals surface area contributed by atoms with Crippen LogP contribution in [0.25, 0.3) is 0 Å². The summed E-state index contributed by atoms with van der Waals surface area (Å²) in [4.78, 5) is 28.9. The minimum atomic E-state index is -0.479. The van der Waals surface area contributed by atoms with Crippen molar-refractivity contribution in [2.75, 3.05) is 17.2 Å². The maximum Gasteiger partial charge on any atom is 0.274 e. The minimum Gasteiger partial charge on any atom is -0.492 e. The summed E-state index contributed by atoms with van der Waals surface area (Å²) >= 11 is 0. The van der Waals surface area contributed by atoms with Gasteiger partial charge in [-0.25, -0.2) is 4.39 Å². The summed E-state index contributed by atoms with van der Waals surface area (Å²) in [5.41, 5.74) is 1.12. The van der Waals surface area contributed by atoms with Gasteiger partial charge in [0.15, 0.2) is 0 Å². The van der Waals surface area contributed by atoms with Crippen molar-refractivity contribution >= 4 is 23.2 Å². The molecule has 0 aliphatic carbocycles. The van der Waals surface area contributed by atoms with E-state index in [2.05, 4.69) is 15.6 Å². The molecule has 2 N–H and O–H groups in total. The number of halogens is 1. The summed E-state index contributed by atoms with van der Waals surface area (Å²) in [7, 11) is 0. The Labute approximate surface area is 161 Å². The molecule has 0 aliphatic heterocycles. The Hall–Kier alpha value is -3.74. The first-order valence-corrected chi connectivity index (χ1v) is 8.63. The van der Waals surface area contributed by atoms with Crippen molar-refractivity contribution in [3.63, 3.8) is 0 Å². The van der Waals surface area contributed by atoms with E-state index in [4.69, 9.17) is 4.74 Å². The monoisotopic (exact) mass is 379 g/mol. The van der Waals surface area contributed by atoms with Gasteiger partial charge in [-0.3, -0.25) is 14.6 Å². The zero-order valence-electron chi connectivity index (χ0n) is 15.1. The lowest BCUT2D eigenvalue weighted by Crippen LogP contribution is -2.17. The molecule has 1 heterocycles. The number of ether oxygens (including phenoxy) is 1. The van der Waals surface area contributed by atoms with Crippen molar-refractivity contribution in [2.24, 2.45) is 0 Å². The molecule has 0 unspecified atom stereocenters. The number of anilines is 2.